The van der Waals surface area contributed by atoms with Crippen molar-refractivity contribution >= 4 is 46.6 Å². The normalized spacial score (nSPS) is 13.6. The first-order valence-corrected chi connectivity index (χ1v) is 12.8. The second-order valence-corrected chi connectivity index (χ2v) is 9.65. The van der Waals surface area contributed by atoms with Gasteiger partial charge in [0.1, 0.15) is 0 Å². The van der Waals surface area contributed by atoms with Crippen LogP contribution in [0.3, 0.4) is 0 Å². The van der Waals surface area contributed by atoms with Gasteiger partial charge in [0.05, 0.1) is 5.75 Å². The second-order valence-electron chi connectivity index (χ2n) is 8.17. The van der Waals surface area contributed by atoms with Crippen LogP contribution in [0, 0.1) is 0 Å². The molecule has 3 aromatic carbocycles. The van der Waals surface area contributed by atoms with E-state index in [2.05, 4.69) is 17.1 Å². The number of aryl methyl sites for hydroxylation is 1. The molecule has 0 radical (unpaired) electrons. The molecule has 7 heteroatoms. The van der Waals surface area contributed by atoms with Gasteiger partial charge in [0.25, 0.3) is 5.91 Å². The Labute approximate surface area is 210 Å². The van der Waals surface area contributed by atoms with Crippen molar-refractivity contribution in [3.63, 3.8) is 0 Å². The summed E-state index contributed by atoms with van der Waals surface area (Å²) in [6.07, 6.45) is 0.970. The zero-order valence-corrected chi connectivity index (χ0v) is 20.7. The van der Waals surface area contributed by atoms with E-state index in [0.29, 0.717) is 23.9 Å². The monoisotopic (exact) mass is 493 g/mol. The lowest BCUT2D eigenvalue weighted by Gasteiger charge is -2.36. The van der Waals surface area contributed by atoms with Crippen LogP contribution in [0.5, 0.6) is 0 Å². The number of nitrogens with one attached hydrogen (secondary N) is 1. The van der Waals surface area contributed by atoms with Gasteiger partial charge in [0.2, 0.25) is 5.91 Å². The van der Waals surface area contributed by atoms with Gasteiger partial charge >= 0.3 is 0 Å². The SMILES string of the molecule is CCc1ccc(C(=O)N2CCN(c3ccc(NC(=O)CSc4ccc(Cl)cc4)cc3)CC2)cc1. The molecule has 2 amide bonds. The molecule has 0 saturated carbocycles. The Morgan fingerprint density at radius 3 is 2.15 bits per heavy atom. The summed E-state index contributed by atoms with van der Waals surface area (Å²) in [5.74, 6) is 0.379. The second kappa shape index (κ2) is 11.4. The fraction of sp³-hybridized carbons (Fsp3) is 0.259. The van der Waals surface area contributed by atoms with Crippen LogP contribution in [0.15, 0.2) is 77.7 Å². The van der Waals surface area contributed by atoms with Crippen molar-refractivity contribution in [1.82, 2.24) is 4.90 Å². The lowest BCUT2D eigenvalue weighted by Crippen LogP contribution is -2.48. The van der Waals surface area contributed by atoms with E-state index >= 15 is 0 Å². The third-order valence-electron chi connectivity index (χ3n) is 5.88. The Morgan fingerprint density at radius 2 is 1.53 bits per heavy atom. The maximum Gasteiger partial charge on any atom is 0.253 e. The molecule has 1 heterocycles. The maximum absolute atomic E-state index is 12.8. The molecule has 176 valence electrons. The lowest BCUT2D eigenvalue weighted by atomic mass is 10.1. The molecular formula is C27H28ClN3O2S. The van der Waals surface area contributed by atoms with Crippen LogP contribution in [-0.2, 0) is 11.2 Å². The maximum atomic E-state index is 12.8. The molecule has 3 aromatic rings. The van der Waals surface area contributed by atoms with E-state index in [4.69, 9.17) is 11.6 Å². The fourth-order valence-corrected chi connectivity index (χ4v) is 4.69. The standard InChI is InChI=1S/C27H28ClN3O2S/c1-2-20-3-5-21(6-4-20)27(33)31-17-15-30(16-18-31)24-11-9-23(10-12-24)29-26(32)19-34-25-13-7-22(28)8-14-25/h3-14H,2,15-19H2,1H3,(H,29,32). The number of hydrogen-bond acceptors (Lipinski definition) is 4. The van der Waals surface area contributed by atoms with Crippen molar-refractivity contribution in [3.8, 4) is 0 Å². The van der Waals surface area contributed by atoms with E-state index in [1.165, 1.54) is 17.3 Å². The number of rotatable bonds is 7. The third kappa shape index (κ3) is 6.33. The zero-order valence-electron chi connectivity index (χ0n) is 19.2. The molecule has 0 unspecified atom stereocenters. The summed E-state index contributed by atoms with van der Waals surface area (Å²) in [6.45, 7) is 5.05. The van der Waals surface area contributed by atoms with Crippen molar-refractivity contribution < 1.29 is 9.59 Å². The first-order chi connectivity index (χ1) is 16.5. The van der Waals surface area contributed by atoms with Gasteiger partial charge in [-0.1, -0.05) is 30.7 Å². The summed E-state index contributed by atoms with van der Waals surface area (Å²) in [5, 5.41) is 3.63. The van der Waals surface area contributed by atoms with E-state index in [-0.39, 0.29) is 11.8 Å². The van der Waals surface area contributed by atoms with Gasteiger partial charge in [-0.15, -0.1) is 11.8 Å². The Morgan fingerprint density at radius 1 is 0.882 bits per heavy atom. The topological polar surface area (TPSA) is 52.7 Å². The van der Waals surface area contributed by atoms with Gasteiger partial charge in [-0.25, -0.2) is 0 Å². The Kier molecular flexibility index (Phi) is 8.14. The average molecular weight is 494 g/mol. The lowest BCUT2D eigenvalue weighted by molar-refractivity contribution is -0.113. The van der Waals surface area contributed by atoms with Crippen LogP contribution < -0.4 is 10.2 Å². The van der Waals surface area contributed by atoms with Crippen molar-refractivity contribution in [2.24, 2.45) is 0 Å². The number of anilines is 2. The molecule has 0 aliphatic carbocycles. The Bertz CT molecular complexity index is 1110. The quantitative estimate of drug-likeness (QED) is 0.435. The molecule has 1 saturated heterocycles. The van der Waals surface area contributed by atoms with Gasteiger partial charge in [0.15, 0.2) is 0 Å². The minimum atomic E-state index is -0.0493. The smallest absolute Gasteiger partial charge is 0.253 e. The largest absolute Gasteiger partial charge is 0.368 e. The van der Waals surface area contributed by atoms with Crippen LogP contribution in [0.2, 0.25) is 5.02 Å². The Balaban J connectivity index is 1.25. The van der Waals surface area contributed by atoms with Gasteiger partial charge in [-0.05, 0) is 72.6 Å². The number of thioether (sulfide) groups is 1. The minimum absolute atomic E-state index is 0.0493. The zero-order chi connectivity index (χ0) is 23.9. The van der Waals surface area contributed by atoms with Crippen LogP contribution in [0.4, 0.5) is 11.4 Å². The molecule has 1 N–H and O–H groups in total. The predicted molar refractivity (Wildman–Crippen MR) is 141 cm³/mol. The third-order valence-corrected chi connectivity index (χ3v) is 7.14. The van der Waals surface area contributed by atoms with E-state index in [0.717, 1.165) is 41.3 Å². The highest BCUT2D eigenvalue weighted by Crippen LogP contribution is 2.22. The highest BCUT2D eigenvalue weighted by atomic mass is 35.5. The molecule has 1 aliphatic heterocycles. The van der Waals surface area contributed by atoms with Crippen molar-refractivity contribution in [2.75, 3.05) is 42.1 Å². The van der Waals surface area contributed by atoms with Crippen LogP contribution >= 0.6 is 23.4 Å². The Hall–Kier alpha value is -2.96. The van der Waals surface area contributed by atoms with Crippen molar-refractivity contribution in [1.29, 1.82) is 0 Å². The van der Waals surface area contributed by atoms with Crippen molar-refractivity contribution in [3.05, 3.63) is 88.9 Å². The van der Waals surface area contributed by atoms with E-state index < -0.39 is 0 Å². The highest BCUT2D eigenvalue weighted by Gasteiger charge is 2.22. The number of carbonyl (C=O) groups is 2. The average Bonchev–Trinajstić information content (AvgIpc) is 2.88. The van der Waals surface area contributed by atoms with Crippen LogP contribution in [0.1, 0.15) is 22.8 Å². The molecule has 1 fully saturated rings. The summed E-state index contributed by atoms with van der Waals surface area (Å²) in [6, 6.07) is 23.2. The molecule has 0 atom stereocenters. The van der Waals surface area contributed by atoms with Crippen LogP contribution in [0.25, 0.3) is 0 Å². The molecular weight excluding hydrogens is 466 g/mol. The molecule has 5 nitrogen and oxygen atoms in total. The number of benzene rings is 3. The molecule has 0 bridgehead atoms. The minimum Gasteiger partial charge on any atom is -0.368 e. The van der Waals surface area contributed by atoms with Gasteiger partial charge in [-0.3, -0.25) is 9.59 Å². The molecule has 0 spiro atoms. The summed E-state index contributed by atoms with van der Waals surface area (Å²) >= 11 is 7.37. The summed E-state index contributed by atoms with van der Waals surface area (Å²) in [5.41, 5.74) is 3.85. The summed E-state index contributed by atoms with van der Waals surface area (Å²) in [4.78, 5) is 30.3. The summed E-state index contributed by atoms with van der Waals surface area (Å²) < 4.78 is 0. The van der Waals surface area contributed by atoms with E-state index in [9.17, 15) is 9.59 Å². The summed E-state index contributed by atoms with van der Waals surface area (Å²) in [7, 11) is 0. The molecule has 34 heavy (non-hydrogen) atoms. The number of nitrogens with zero attached hydrogens (tertiary/aromatic N) is 2. The highest BCUT2D eigenvalue weighted by molar-refractivity contribution is 8.00. The first-order valence-electron chi connectivity index (χ1n) is 11.4. The molecule has 0 aromatic heterocycles. The predicted octanol–water partition coefficient (Wildman–Crippen LogP) is 5.60. The van der Waals surface area contributed by atoms with Gasteiger partial charge < -0.3 is 15.1 Å². The number of halogens is 1. The van der Waals surface area contributed by atoms with Crippen LogP contribution in [-0.4, -0.2) is 48.6 Å². The first kappa shape index (κ1) is 24.2. The van der Waals surface area contributed by atoms with Crippen molar-refractivity contribution in [2.45, 2.75) is 18.2 Å². The van der Waals surface area contributed by atoms with Gasteiger partial charge in [0, 0.05) is 53.0 Å². The number of piperazine rings is 1. The van der Waals surface area contributed by atoms with E-state index in [1.807, 2.05) is 77.7 Å². The fourth-order valence-electron chi connectivity index (χ4n) is 3.87. The molecule has 1 aliphatic rings. The van der Waals surface area contributed by atoms with Gasteiger partial charge in [-0.2, -0.15) is 0 Å². The molecule has 4 rings (SSSR count). The van der Waals surface area contributed by atoms with E-state index in [1.54, 1.807) is 0 Å². The number of hydrogen-bond donors (Lipinski definition) is 1. The number of carbonyl (C=O) groups excluding carboxylic acids is 2. The number of amides is 2.